The monoisotopic (exact) mass is 259 g/mol. The predicted octanol–water partition coefficient (Wildman–Crippen LogP) is 1.39. The van der Waals surface area contributed by atoms with E-state index in [1.165, 1.54) is 18.2 Å². The van der Waals surface area contributed by atoms with Crippen molar-refractivity contribution in [3.63, 3.8) is 0 Å². The van der Waals surface area contributed by atoms with Gasteiger partial charge in [-0.25, -0.2) is 13.6 Å². The highest BCUT2D eigenvalue weighted by Crippen LogP contribution is 2.26. The lowest BCUT2D eigenvalue weighted by molar-refractivity contribution is 0.360. The van der Waals surface area contributed by atoms with Gasteiger partial charge in [0.05, 0.1) is 0 Å². The maximum atomic E-state index is 11.2. The van der Waals surface area contributed by atoms with Gasteiger partial charge < -0.3 is 4.74 Å². The molecule has 1 aromatic rings. The Morgan fingerprint density at radius 2 is 2.19 bits per heavy atom. The molecule has 16 heavy (non-hydrogen) atoms. The molecule has 0 heterocycles. The van der Waals surface area contributed by atoms with Gasteiger partial charge in [0.25, 0.3) is 0 Å². The van der Waals surface area contributed by atoms with Crippen LogP contribution in [0.3, 0.4) is 0 Å². The molecular formula is C10H10ClNO3S. The van der Waals surface area contributed by atoms with Crippen LogP contribution in [0.15, 0.2) is 23.1 Å². The molecule has 0 unspecified atom stereocenters. The highest BCUT2D eigenvalue weighted by Gasteiger charge is 2.15. The van der Waals surface area contributed by atoms with Gasteiger partial charge >= 0.3 is 0 Å². The molecule has 2 N–H and O–H groups in total. The molecule has 0 spiro atoms. The fourth-order valence-electron chi connectivity index (χ4n) is 1.01. The van der Waals surface area contributed by atoms with Crippen LogP contribution in [-0.4, -0.2) is 15.0 Å². The van der Waals surface area contributed by atoms with Crippen molar-refractivity contribution in [1.82, 2.24) is 0 Å². The Balaban J connectivity index is 3.12. The predicted molar refractivity (Wildman–Crippen MR) is 61.8 cm³/mol. The van der Waals surface area contributed by atoms with E-state index in [0.717, 1.165) is 0 Å². The lowest BCUT2D eigenvalue weighted by Gasteiger charge is -2.07. The van der Waals surface area contributed by atoms with Gasteiger partial charge in [-0.15, -0.1) is 5.92 Å². The zero-order chi connectivity index (χ0) is 12.2. The summed E-state index contributed by atoms with van der Waals surface area (Å²) in [7, 11) is -3.85. The number of sulfonamides is 1. The average molecular weight is 260 g/mol. The van der Waals surface area contributed by atoms with Gasteiger partial charge in [0.1, 0.15) is 17.3 Å². The van der Waals surface area contributed by atoms with Gasteiger partial charge in [-0.3, -0.25) is 0 Å². The number of primary sulfonamides is 1. The van der Waals surface area contributed by atoms with Gasteiger partial charge in [0, 0.05) is 5.02 Å². The smallest absolute Gasteiger partial charge is 0.241 e. The number of nitrogens with two attached hydrogens (primary N) is 1. The van der Waals surface area contributed by atoms with Crippen molar-refractivity contribution in [3.8, 4) is 17.6 Å². The maximum Gasteiger partial charge on any atom is 0.241 e. The van der Waals surface area contributed by atoms with Crippen molar-refractivity contribution >= 4 is 21.6 Å². The first-order valence-corrected chi connectivity index (χ1v) is 6.22. The first-order chi connectivity index (χ1) is 7.45. The molecule has 0 saturated carbocycles. The van der Waals surface area contributed by atoms with Crippen LogP contribution in [0.2, 0.25) is 5.02 Å². The Morgan fingerprint density at radius 3 is 2.75 bits per heavy atom. The van der Waals surface area contributed by atoms with Crippen LogP contribution in [0.4, 0.5) is 0 Å². The first-order valence-electron chi connectivity index (χ1n) is 4.30. The zero-order valence-electron chi connectivity index (χ0n) is 8.53. The van der Waals surface area contributed by atoms with Crippen LogP contribution in [-0.2, 0) is 10.0 Å². The molecule has 0 saturated heterocycles. The van der Waals surface area contributed by atoms with Crippen LogP contribution in [0.25, 0.3) is 0 Å². The third-order valence-electron chi connectivity index (χ3n) is 1.69. The van der Waals surface area contributed by atoms with Crippen LogP contribution in [0, 0.1) is 11.8 Å². The van der Waals surface area contributed by atoms with E-state index in [4.69, 9.17) is 21.5 Å². The third-order valence-corrected chi connectivity index (χ3v) is 2.86. The summed E-state index contributed by atoms with van der Waals surface area (Å²) in [6.45, 7) is 1.76. The number of benzene rings is 1. The zero-order valence-corrected chi connectivity index (χ0v) is 10.1. The van der Waals surface area contributed by atoms with Crippen molar-refractivity contribution < 1.29 is 13.2 Å². The number of hydrogen-bond donors (Lipinski definition) is 1. The molecule has 4 nitrogen and oxygen atoms in total. The second-order valence-electron chi connectivity index (χ2n) is 2.85. The van der Waals surface area contributed by atoms with E-state index < -0.39 is 10.0 Å². The first kappa shape index (κ1) is 12.8. The molecule has 0 aliphatic rings. The van der Waals surface area contributed by atoms with E-state index in [1.54, 1.807) is 6.92 Å². The normalized spacial score (nSPS) is 10.4. The Hall–Kier alpha value is -1.22. The Morgan fingerprint density at radius 1 is 1.50 bits per heavy atom. The Bertz CT molecular complexity index is 543. The maximum absolute atomic E-state index is 11.2. The quantitative estimate of drug-likeness (QED) is 0.834. The Labute approximate surface area is 99.4 Å². The summed E-state index contributed by atoms with van der Waals surface area (Å²) in [5.41, 5.74) is 0. The molecular weight excluding hydrogens is 250 g/mol. The van der Waals surface area contributed by atoms with Crippen LogP contribution in [0.1, 0.15) is 6.92 Å². The van der Waals surface area contributed by atoms with Gasteiger partial charge in [-0.05, 0) is 25.1 Å². The summed E-state index contributed by atoms with van der Waals surface area (Å²) < 4.78 is 27.7. The SMILES string of the molecule is CC#CCOc1ccc(Cl)cc1S(N)(=O)=O. The molecule has 0 atom stereocenters. The lowest BCUT2D eigenvalue weighted by Crippen LogP contribution is -2.14. The third kappa shape index (κ3) is 3.42. The number of ether oxygens (including phenoxy) is 1. The van der Waals surface area contributed by atoms with Gasteiger partial charge in [-0.2, -0.15) is 0 Å². The minimum Gasteiger partial charge on any atom is -0.480 e. The van der Waals surface area contributed by atoms with E-state index in [9.17, 15) is 8.42 Å². The van der Waals surface area contributed by atoms with Crippen molar-refractivity contribution in [2.45, 2.75) is 11.8 Å². The number of halogens is 1. The minimum atomic E-state index is -3.85. The molecule has 86 valence electrons. The topological polar surface area (TPSA) is 69.4 Å². The molecule has 0 radical (unpaired) electrons. The molecule has 0 aromatic heterocycles. The second kappa shape index (κ2) is 5.21. The fraction of sp³-hybridized carbons (Fsp3) is 0.200. The van der Waals surface area contributed by atoms with E-state index in [-0.39, 0.29) is 22.3 Å². The van der Waals surface area contributed by atoms with Crippen molar-refractivity contribution in [2.24, 2.45) is 5.14 Å². The molecule has 0 aliphatic carbocycles. The van der Waals surface area contributed by atoms with Crippen molar-refractivity contribution in [2.75, 3.05) is 6.61 Å². The molecule has 1 rings (SSSR count). The molecule has 6 heteroatoms. The van der Waals surface area contributed by atoms with E-state index in [2.05, 4.69) is 11.8 Å². The molecule has 0 bridgehead atoms. The van der Waals surface area contributed by atoms with Gasteiger partial charge in [-0.1, -0.05) is 17.5 Å². The Kier molecular flexibility index (Phi) is 4.19. The summed E-state index contributed by atoms with van der Waals surface area (Å²) in [6, 6.07) is 4.20. The highest BCUT2D eigenvalue weighted by molar-refractivity contribution is 7.89. The number of rotatable bonds is 3. The fourth-order valence-corrected chi connectivity index (χ4v) is 1.94. The summed E-state index contributed by atoms with van der Waals surface area (Å²) >= 11 is 5.68. The molecule has 0 aliphatic heterocycles. The summed E-state index contributed by atoms with van der Waals surface area (Å²) in [6.07, 6.45) is 0. The van der Waals surface area contributed by atoms with E-state index in [1.807, 2.05) is 0 Å². The average Bonchev–Trinajstić information content (AvgIpc) is 2.19. The highest BCUT2D eigenvalue weighted by atomic mass is 35.5. The molecule has 0 amide bonds. The van der Waals surface area contributed by atoms with Gasteiger partial charge in [0.2, 0.25) is 10.0 Å². The lowest BCUT2D eigenvalue weighted by atomic mass is 10.3. The van der Waals surface area contributed by atoms with E-state index in [0.29, 0.717) is 0 Å². The molecule has 1 aromatic carbocycles. The molecule has 0 fully saturated rings. The summed E-state index contributed by atoms with van der Waals surface area (Å²) in [4.78, 5) is -0.141. The standard InChI is InChI=1S/C10H10ClNO3S/c1-2-3-6-15-9-5-4-8(11)7-10(9)16(12,13)14/h4-5,7H,6H2,1H3,(H2,12,13,14). The van der Waals surface area contributed by atoms with Crippen LogP contribution >= 0.6 is 11.6 Å². The minimum absolute atomic E-state index is 0.0979. The van der Waals surface area contributed by atoms with Crippen LogP contribution in [0.5, 0.6) is 5.75 Å². The van der Waals surface area contributed by atoms with Crippen molar-refractivity contribution in [1.29, 1.82) is 0 Å². The number of hydrogen-bond acceptors (Lipinski definition) is 3. The van der Waals surface area contributed by atoms with Crippen LogP contribution < -0.4 is 9.88 Å². The second-order valence-corrected chi connectivity index (χ2v) is 4.82. The van der Waals surface area contributed by atoms with Crippen molar-refractivity contribution in [3.05, 3.63) is 23.2 Å². The van der Waals surface area contributed by atoms with E-state index >= 15 is 0 Å². The summed E-state index contributed by atoms with van der Waals surface area (Å²) in [5.74, 6) is 5.42. The largest absolute Gasteiger partial charge is 0.480 e. The summed E-state index contributed by atoms with van der Waals surface area (Å²) in [5, 5.41) is 5.30. The van der Waals surface area contributed by atoms with Gasteiger partial charge in [0.15, 0.2) is 0 Å².